The van der Waals surface area contributed by atoms with Crippen molar-refractivity contribution in [1.82, 2.24) is 4.90 Å². The smallest absolute Gasteiger partial charge is 0.410 e. The first-order valence-electron chi connectivity index (χ1n) is 12.0. The Balaban J connectivity index is 2.02. The van der Waals surface area contributed by atoms with Gasteiger partial charge < -0.3 is 14.1 Å². The van der Waals surface area contributed by atoms with Gasteiger partial charge in [-0.05, 0) is 77.2 Å². The van der Waals surface area contributed by atoms with Crippen LogP contribution < -0.4 is 0 Å². The van der Waals surface area contributed by atoms with Crippen LogP contribution in [0, 0.1) is 6.92 Å². The Morgan fingerprint density at radius 2 is 1.68 bits per heavy atom. The molecule has 1 aliphatic heterocycles. The third-order valence-electron chi connectivity index (χ3n) is 6.50. The topological polar surface area (TPSA) is 82.1 Å². The fourth-order valence-corrected chi connectivity index (χ4v) is 5.93. The lowest BCUT2D eigenvalue weighted by Crippen LogP contribution is -2.45. The second-order valence-electron chi connectivity index (χ2n) is 11.8. The number of ether oxygens (including phenoxy) is 1. The molecule has 1 fully saturated rings. The first-order valence-corrected chi connectivity index (χ1v) is 16.4. The number of benzene rings is 1. The highest BCUT2D eigenvalue weighted by molar-refractivity contribution is 7.86. The minimum atomic E-state index is -3.80. The molecule has 1 aromatic carbocycles. The maximum atomic E-state index is 12.9. The van der Waals surface area contributed by atoms with Crippen molar-refractivity contribution in [2.24, 2.45) is 0 Å². The van der Waals surface area contributed by atoms with Crippen LogP contribution >= 0.6 is 0 Å². The number of nitrogens with zero attached hydrogens (tertiary/aromatic N) is 1. The SMILES string of the molecule is Cc1ccc(S(=O)(=O)OCCCC2CC(O[Si](C)(C)C(C)(C)C)CN2C(=O)OC(C)(C)C)cc1. The molecule has 1 aromatic rings. The summed E-state index contributed by atoms with van der Waals surface area (Å²) in [6.45, 7) is 19.0. The molecule has 1 amide bonds. The van der Waals surface area contributed by atoms with E-state index in [1.807, 2.05) is 27.7 Å². The molecule has 0 saturated carbocycles. The molecular weight excluding hydrogens is 470 g/mol. The van der Waals surface area contributed by atoms with Gasteiger partial charge in [-0.3, -0.25) is 4.18 Å². The Morgan fingerprint density at radius 3 is 2.21 bits per heavy atom. The summed E-state index contributed by atoms with van der Waals surface area (Å²) in [6, 6.07) is 6.50. The predicted octanol–water partition coefficient (Wildman–Crippen LogP) is 5.88. The van der Waals surface area contributed by atoms with Gasteiger partial charge in [0, 0.05) is 12.6 Å². The summed E-state index contributed by atoms with van der Waals surface area (Å²) < 4.78 is 42.4. The second-order valence-corrected chi connectivity index (χ2v) is 18.1. The van der Waals surface area contributed by atoms with E-state index >= 15 is 0 Å². The van der Waals surface area contributed by atoms with Gasteiger partial charge in [-0.1, -0.05) is 38.5 Å². The number of carbonyl (C=O) groups excluding carboxylic acids is 1. The van der Waals surface area contributed by atoms with E-state index in [0.29, 0.717) is 25.8 Å². The van der Waals surface area contributed by atoms with Crippen molar-refractivity contribution >= 4 is 24.5 Å². The van der Waals surface area contributed by atoms with Crippen LogP contribution in [0.5, 0.6) is 0 Å². The fraction of sp³-hybridized carbons (Fsp3) is 0.720. The van der Waals surface area contributed by atoms with E-state index in [1.165, 1.54) is 0 Å². The quantitative estimate of drug-likeness (QED) is 0.245. The van der Waals surface area contributed by atoms with Crippen LogP contribution in [-0.2, 0) is 23.5 Å². The Labute approximate surface area is 207 Å². The Hall–Kier alpha value is -1.42. The molecule has 9 heteroatoms. The lowest BCUT2D eigenvalue weighted by atomic mass is 10.1. The van der Waals surface area contributed by atoms with E-state index < -0.39 is 24.0 Å². The third-order valence-corrected chi connectivity index (χ3v) is 12.4. The average molecular weight is 514 g/mol. The van der Waals surface area contributed by atoms with Crippen molar-refractivity contribution < 1.29 is 26.6 Å². The predicted molar refractivity (Wildman–Crippen MR) is 137 cm³/mol. The zero-order valence-corrected chi connectivity index (χ0v) is 24.1. The monoisotopic (exact) mass is 513 g/mol. The van der Waals surface area contributed by atoms with Crippen LogP contribution in [0.1, 0.15) is 66.4 Å². The zero-order valence-electron chi connectivity index (χ0n) is 22.3. The summed E-state index contributed by atoms with van der Waals surface area (Å²) in [7, 11) is -5.80. The maximum absolute atomic E-state index is 12.9. The summed E-state index contributed by atoms with van der Waals surface area (Å²) in [4.78, 5) is 14.8. The summed E-state index contributed by atoms with van der Waals surface area (Å²) in [5.74, 6) is 0. The highest BCUT2D eigenvalue weighted by atomic mass is 32.2. The summed E-state index contributed by atoms with van der Waals surface area (Å²) >= 11 is 0. The van der Waals surface area contributed by atoms with Gasteiger partial charge in [-0.25, -0.2) is 4.79 Å². The molecule has 0 bridgehead atoms. The van der Waals surface area contributed by atoms with Gasteiger partial charge in [-0.2, -0.15) is 8.42 Å². The van der Waals surface area contributed by atoms with Crippen molar-refractivity contribution in [1.29, 1.82) is 0 Å². The normalized spacial score (nSPS) is 20.0. The average Bonchev–Trinajstić information content (AvgIpc) is 3.05. The number of hydrogen-bond donors (Lipinski definition) is 0. The first-order chi connectivity index (χ1) is 15.4. The molecule has 0 spiro atoms. The number of amides is 1. The molecule has 0 radical (unpaired) electrons. The fourth-order valence-electron chi connectivity index (χ4n) is 3.63. The third kappa shape index (κ3) is 8.07. The summed E-state index contributed by atoms with van der Waals surface area (Å²) in [5, 5.41) is 0.0695. The van der Waals surface area contributed by atoms with E-state index in [4.69, 9.17) is 13.3 Å². The maximum Gasteiger partial charge on any atom is 0.410 e. The van der Waals surface area contributed by atoms with Crippen LogP contribution in [-0.4, -0.2) is 58.6 Å². The molecule has 2 unspecified atom stereocenters. The number of aryl methyl sites for hydroxylation is 1. The Kier molecular flexibility index (Phi) is 9.05. The lowest BCUT2D eigenvalue weighted by Gasteiger charge is -2.38. The minimum absolute atomic E-state index is 0.0582. The number of likely N-dealkylation sites (tertiary alicyclic amines) is 1. The highest BCUT2D eigenvalue weighted by Crippen LogP contribution is 2.39. The largest absolute Gasteiger partial charge is 0.444 e. The van der Waals surface area contributed by atoms with Gasteiger partial charge in [0.2, 0.25) is 0 Å². The molecule has 1 saturated heterocycles. The Morgan fingerprint density at radius 1 is 1.09 bits per heavy atom. The molecule has 0 N–H and O–H groups in total. The molecule has 1 heterocycles. The van der Waals surface area contributed by atoms with Crippen LogP contribution in [0.15, 0.2) is 29.2 Å². The van der Waals surface area contributed by atoms with E-state index in [2.05, 4.69) is 33.9 Å². The van der Waals surface area contributed by atoms with Crippen molar-refractivity contribution in [3.05, 3.63) is 29.8 Å². The van der Waals surface area contributed by atoms with Crippen LogP contribution in [0.4, 0.5) is 4.79 Å². The van der Waals surface area contributed by atoms with Gasteiger partial charge >= 0.3 is 6.09 Å². The van der Waals surface area contributed by atoms with Gasteiger partial charge in [0.25, 0.3) is 10.1 Å². The molecule has 0 aliphatic carbocycles. The van der Waals surface area contributed by atoms with Gasteiger partial charge in [0.05, 0.1) is 17.6 Å². The molecular formula is C25H43NO6SSi. The van der Waals surface area contributed by atoms with E-state index in [9.17, 15) is 13.2 Å². The molecule has 2 atom stereocenters. The van der Waals surface area contributed by atoms with Crippen molar-refractivity contribution in [3.8, 4) is 0 Å². The molecule has 194 valence electrons. The molecule has 34 heavy (non-hydrogen) atoms. The number of carbonyl (C=O) groups is 1. The van der Waals surface area contributed by atoms with E-state index in [0.717, 1.165) is 5.56 Å². The van der Waals surface area contributed by atoms with Crippen molar-refractivity contribution in [2.45, 2.75) is 109 Å². The molecule has 1 aliphatic rings. The second kappa shape index (κ2) is 10.7. The van der Waals surface area contributed by atoms with E-state index in [-0.39, 0.29) is 34.8 Å². The van der Waals surface area contributed by atoms with Gasteiger partial charge in [0.1, 0.15) is 5.60 Å². The lowest BCUT2D eigenvalue weighted by molar-refractivity contribution is 0.0201. The summed E-state index contributed by atoms with van der Waals surface area (Å²) in [5.41, 5.74) is 0.391. The van der Waals surface area contributed by atoms with Gasteiger partial charge in [-0.15, -0.1) is 0 Å². The first kappa shape index (κ1) is 28.8. The number of hydrogen-bond acceptors (Lipinski definition) is 6. The molecule has 2 rings (SSSR count). The molecule has 0 aromatic heterocycles. The van der Waals surface area contributed by atoms with Gasteiger partial charge in [0.15, 0.2) is 8.32 Å². The number of rotatable bonds is 8. The summed E-state index contributed by atoms with van der Waals surface area (Å²) in [6.07, 6.45) is 1.40. The standard InChI is InChI=1S/C25H43NO6SSi/c1-19-12-14-22(15-13-19)33(28,29)30-16-10-11-20-17-21(32-34(8,9)25(5,6)7)18-26(20)23(27)31-24(2,3)4/h12-15,20-21H,10-11,16-18H2,1-9H3. The highest BCUT2D eigenvalue weighted by Gasteiger charge is 2.44. The Bertz CT molecular complexity index is 932. The zero-order chi connectivity index (χ0) is 25.9. The van der Waals surface area contributed by atoms with E-state index in [1.54, 1.807) is 29.2 Å². The van der Waals surface area contributed by atoms with Crippen molar-refractivity contribution in [2.75, 3.05) is 13.2 Å². The minimum Gasteiger partial charge on any atom is -0.444 e. The van der Waals surface area contributed by atoms with Crippen LogP contribution in [0.3, 0.4) is 0 Å². The van der Waals surface area contributed by atoms with Crippen LogP contribution in [0.2, 0.25) is 18.1 Å². The van der Waals surface area contributed by atoms with Crippen LogP contribution in [0.25, 0.3) is 0 Å². The molecule has 7 nitrogen and oxygen atoms in total. The van der Waals surface area contributed by atoms with Crippen molar-refractivity contribution in [3.63, 3.8) is 0 Å².